The van der Waals surface area contributed by atoms with Crippen LogP contribution in [0.2, 0.25) is 0 Å². The summed E-state index contributed by atoms with van der Waals surface area (Å²) in [6, 6.07) is 0. The summed E-state index contributed by atoms with van der Waals surface area (Å²) in [5.41, 5.74) is 1.59. The van der Waals surface area contributed by atoms with E-state index in [2.05, 4.69) is 23.8 Å². The molecule has 2 heterocycles. The van der Waals surface area contributed by atoms with Crippen molar-refractivity contribution in [3.8, 4) is 0 Å². The van der Waals surface area contributed by atoms with Crippen molar-refractivity contribution in [1.29, 1.82) is 0 Å². The van der Waals surface area contributed by atoms with Crippen LogP contribution < -0.4 is 0 Å². The number of ketones is 1. The van der Waals surface area contributed by atoms with Crippen molar-refractivity contribution in [3.05, 3.63) is 23.3 Å². The average Bonchev–Trinajstić information content (AvgIpc) is 2.37. The number of ether oxygens (including phenoxy) is 1. The van der Waals surface area contributed by atoms with Crippen LogP contribution in [0, 0.1) is 5.41 Å². The fraction of sp³-hybridized carbons (Fsp3) is 0.643. The molecule has 1 aromatic heterocycles. The number of carbonyl (C=O) groups is 1. The highest BCUT2D eigenvalue weighted by Gasteiger charge is 2.33. The Balaban J connectivity index is 1.92. The van der Waals surface area contributed by atoms with Crippen molar-refractivity contribution in [2.45, 2.75) is 32.8 Å². The number of aromatic nitrogens is 2. The summed E-state index contributed by atoms with van der Waals surface area (Å²) in [6.45, 7) is 4.98. The molecule has 2 aliphatic rings. The maximum absolute atomic E-state index is 12.1. The number of rotatable bonds is 1. The second-order valence-corrected chi connectivity index (χ2v) is 7.11. The molecule has 19 heavy (non-hydrogen) atoms. The second-order valence-electron chi connectivity index (χ2n) is 5.96. The highest BCUT2D eigenvalue weighted by Crippen LogP contribution is 2.34. The molecular weight excluding hydrogens is 260 g/mol. The van der Waals surface area contributed by atoms with Gasteiger partial charge in [0.05, 0.1) is 17.9 Å². The third-order valence-electron chi connectivity index (χ3n) is 3.58. The zero-order valence-electron chi connectivity index (χ0n) is 11.3. The molecule has 0 aromatic carbocycles. The molecule has 1 aromatic rings. The Bertz CT molecular complexity index is 510. The van der Waals surface area contributed by atoms with Crippen molar-refractivity contribution in [3.63, 3.8) is 0 Å². The number of Topliss-reactive ketones (excluding diaryl/α,β-unsaturated/α-hetero) is 1. The van der Waals surface area contributed by atoms with Crippen LogP contribution in [-0.4, -0.2) is 33.9 Å². The predicted octanol–water partition coefficient (Wildman–Crippen LogP) is 2.44. The van der Waals surface area contributed by atoms with Gasteiger partial charge in [-0.05, 0) is 11.8 Å². The molecule has 1 fully saturated rings. The third kappa shape index (κ3) is 2.67. The van der Waals surface area contributed by atoms with Crippen molar-refractivity contribution in [2.24, 2.45) is 5.41 Å². The number of thioether (sulfide) groups is 1. The molecule has 1 aliphatic carbocycles. The van der Waals surface area contributed by atoms with E-state index in [0.717, 1.165) is 36.1 Å². The first kappa shape index (κ1) is 13.1. The quantitative estimate of drug-likeness (QED) is 0.789. The van der Waals surface area contributed by atoms with Crippen LogP contribution in [0.5, 0.6) is 0 Å². The normalized spacial score (nSPS) is 26.0. The van der Waals surface area contributed by atoms with Crippen molar-refractivity contribution >= 4 is 17.5 Å². The summed E-state index contributed by atoms with van der Waals surface area (Å²) in [5, 5.41) is 0. The summed E-state index contributed by atoms with van der Waals surface area (Å²) in [4.78, 5) is 21.0. The molecule has 0 N–H and O–H groups in total. The molecule has 3 rings (SSSR count). The van der Waals surface area contributed by atoms with E-state index in [9.17, 15) is 4.79 Å². The van der Waals surface area contributed by atoms with Gasteiger partial charge >= 0.3 is 0 Å². The highest BCUT2D eigenvalue weighted by molar-refractivity contribution is 7.99. The van der Waals surface area contributed by atoms with Crippen LogP contribution in [0.15, 0.2) is 6.20 Å². The molecule has 102 valence electrons. The first-order valence-corrected chi connectivity index (χ1v) is 7.79. The number of nitrogens with zero attached hydrogens (tertiary/aromatic N) is 2. The molecule has 0 bridgehead atoms. The monoisotopic (exact) mass is 278 g/mol. The molecule has 0 saturated carbocycles. The summed E-state index contributed by atoms with van der Waals surface area (Å²) >= 11 is 1.86. The highest BCUT2D eigenvalue weighted by atomic mass is 32.2. The molecule has 1 aliphatic heterocycles. The minimum Gasteiger partial charge on any atom is -0.368 e. The Morgan fingerprint density at radius 2 is 2.26 bits per heavy atom. The Labute approximate surface area is 117 Å². The first-order valence-electron chi connectivity index (χ1n) is 6.63. The lowest BCUT2D eigenvalue weighted by atomic mass is 9.76. The summed E-state index contributed by atoms with van der Waals surface area (Å²) in [5.74, 6) is 2.83. The summed E-state index contributed by atoms with van der Waals surface area (Å²) in [6.07, 6.45) is 3.09. The van der Waals surface area contributed by atoms with Gasteiger partial charge in [-0.2, -0.15) is 11.8 Å². The first-order chi connectivity index (χ1) is 9.05. The Morgan fingerprint density at radius 1 is 1.42 bits per heavy atom. The van der Waals surface area contributed by atoms with Crippen LogP contribution in [-0.2, 0) is 11.2 Å². The SMILES string of the molecule is CC1(C)CC(=O)c2cnc(C3CSCCO3)nc2C1. The maximum atomic E-state index is 12.1. The molecule has 4 nitrogen and oxygen atoms in total. The molecule has 0 spiro atoms. The number of hydrogen-bond acceptors (Lipinski definition) is 5. The van der Waals surface area contributed by atoms with E-state index in [1.165, 1.54) is 0 Å². The Morgan fingerprint density at radius 3 is 3.00 bits per heavy atom. The summed E-state index contributed by atoms with van der Waals surface area (Å²) in [7, 11) is 0. The van der Waals surface area contributed by atoms with Gasteiger partial charge < -0.3 is 4.74 Å². The van der Waals surface area contributed by atoms with Crippen LogP contribution >= 0.6 is 11.8 Å². The molecule has 5 heteroatoms. The minimum absolute atomic E-state index is 0.00210. The molecule has 1 atom stereocenters. The Hall–Kier alpha value is -0.940. The molecule has 1 unspecified atom stereocenters. The van der Waals surface area contributed by atoms with E-state index in [-0.39, 0.29) is 17.3 Å². The van der Waals surface area contributed by atoms with Crippen LogP contribution in [0.25, 0.3) is 0 Å². The summed E-state index contributed by atoms with van der Waals surface area (Å²) < 4.78 is 5.70. The predicted molar refractivity (Wildman–Crippen MR) is 74.5 cm³/mol. The van der Waals surface area contributed by atoms with Gasteiger partial charge in [0.1, 0.15) is 6.10 Å². The van der Waals surface area contributed by atoms with Gasteiger partial charge in [-0.25, -0.2) is 9.97 Å². The largest absolute Gasteiger partial charge is 0.368 e. The van der Waals surface area contributed by atoms with Gasteiger partial charge in [-0.3, -0.25) is 4.79 Å². The van der Waals surface area contributed by atoms with E-state index in [0.29, 0.717) is 12.0 Å². The topological polar surface area (TPSA) is 52.1 Å². The average molecular weight is 278 g/mol. The van der Waals surface area contributed by atoms with Gasteiger partial charge in [0.2, 0.25) is 0 Å². The minimum atomic E-state index is -0.0239. The van der Waals surface area contributed by atoms with Gasteiger partial charge in [0.15, 0.2) is 11.6 Å². The second kappa shape index (κ2) is 4.87. The van der Waals surface area contributed by atoms with Crippen molar-refractivity contribution in [1.82, 2.24) is 9.97 Å². The van der Waals surface area contributed by atoms with Crippen LogP contribution in [0.3, 0.4) is 0 Å². The molecular formula is C14H18N2O2S. The van der Waals surface area contributed by atoms with E-state index >= 15 is 0 Å². The number of hydrogen-bond donors (Lipinski definition) is 0. The molecule has 0 radical (unpaired) electrons. The molecule has 0 amide bonds. The van der Waals surface area contributed by atoms with Gasteiger partial charge in [-0.1, -0.05) is 13.8 Å². The van der Waals surface area contributed by atoms with Crippen LogP contribution in [0.4, 0.5) is 0 Å². The van der Waals surface area contributed by atoms with E-state index in [1.54, 1.807) is 6.20 Å². The lowest BCUT2D eigenvalue weighted by molar-refractivity contribution is 0.0687. The zero-order valence-corrected chi connectivity index (χ0v) is 12.1. The zero-order chi connectivity index (χ0) is 13.5. The van der Waals surface area contributed by atoms with Gasteiger partial charge in [0.25, 0.3) is 0 Å². The van der Waals surface area contributed by atoms with Gasteiger partial charge in [0, 0.05) is 24.1 Å². The number of fused-ring (bicyclic) bond motifs is 1. The number of carbonyl (C=O) groups excluding carboxylic acids is 1. The lowest BCUT2D eigenvalue weighted by Gasteiger charge is -2.30. The van der Waals surface area contributed by atoms with Gasteiger partial charge in [-0.15, -0.1) is 0 Å². The third-order valence-corrected chi connectivity index (χ3v) is 4.57. The molecule has 1 saturated heterocycles. The van der Waals surface area contributed by atoms with Crippen LogP contribution in [0.1, 0.15) is 48.2 Å². The smallest absolute Gasteiger partial charge is 0.166 e. The fourth-order valence-electron chi connectivity index (χ4n) is 2.64. The van der Waals surface area contributed by atoms with Crippen molar-refractivity contribution < 1.29 is 9.53 Å². The van der Waals surface area contributed by atoms with E-state index < -0.39 is 0 Å². The van der Waals surface area contributed by atoms with E-state index in [4.69, 9.17) is 4.74 Å². The standard InChI is InChI=1S/C14H18N2O2S/c1-14(2)5-10-9(11(17)6-14)7-15-13(16-10)12-8-19-4-3-18-12/h7,12H,3-6,8H2,1-2H3. The lowest BCUT2D eigenvalue weighted by Crippen LogP contribution is -2.29. The fourth-order valence-corrected chi connectivity index (χ4v) is 3.48. The van der Waals surface area contributed by atoms with E-state index in [1.807, 2.05) is 11.8 Å². The maximum Gasteiger partial charge on any atom is 0.166 e. The van der Waals surface area contributed by atoms with Crippen molar-refractivity contribution in [2.75, 3.05) is 18.1 Å². The Kier molecular flexibility index (Phi) is 3.35.